The van der Waals surface area contributed by atoms with Crippen LogP contribution in [0.25, 0.3) is 0 Å². The zero-order valence-corrected chi connectivity index (χ0v) is 9.66. The second kappa shape index (κ2) is 5.13. The quantitative estimate of drug-likeness (QED) is 0.510. The molecule has 0 saturated heterocycles. The summed E-state index contributed by atoms with van der Waals surface area (Å²) < 4.78 is 4.91. The first-order chi connectivity index (χ1) is 8.65. The number of rotatable bonds is 4. The number of anilines is 1. The Balaban J connectivity index is 1.98. The molecule has 1 N–H and O–H groups in total. The Labute approximate surface area is 103 Å². The van der Waals surface area contributed by atoms with Crippen molar-refractivity contribution in [3.8, 4) is 0 Å². The van der Waals surface area contributed by atoms with Crippen LogP contribution in [-0.2, 0) is 0 Å². The molecular formula is C12H11N3O3. The van der Waals surface area contributed by atoms with Crippen molar-refractivity contribution in [2.75, 3.05) is 5.43 Å². The van der Waals surface area contributed by atoms with Crippen molar-refractivity contribution in [1.29, 1.82) is 0 Å². The summed E-state index contributed by atoms with van der Waals surface area (Å²) in [5, 5.41) is 14.3. The first kappa shape index (κ1) is 11.8. The standard InChI is InChI=1S/C12H11N3O3/c1-9-2-4-10(5-3-9)14-13-8-11-6-7-12(18-11)15(16)17/h2-8,14H,1H3. The van der Waals surface area contributed by atoms with Crippen molar-refractivity contribution in [1.82, 2.24) is 0 Å². The van der Waals surface area contributed by atoms with E-state index in [4.69, 9.17) is 4.42 Å². The highest BCUT2D eigenvalue weighted by molar-refractivity contribution is 5.77. The van der Waals surface area contributed by atoms with Crippen molar-refractivity contribution in [2.24, 2.45) is 5.10 Å². The minimum absolute atomic E-state index is 0.299. The lowest BCUT2D eigenvalue weighted by atomic mass is 10.2. The summed E-state index contributed by atoms with van der Waals surface area (Å²) in [6.07, 6.45) is 1.38. The minimum atomic E-state index is -0.593. The van der Waals surface area contributed by atoms with Crippen LogP contribution < -0.4 is 5.43 Å². The van der Waals surface area contributed by atoms with Crippen LogP contribution in [0.3, 0.4) is 0 Å². The molecule has 2 aromatic rings. The molecule has 0 unspecified atom stereocenters. The molecule has 2 rings (SSSR count). The van der Waals surface area contributed by atoms with Gasteiger partial charge in [0.2, 0.25) is 0 Å². The van der Waals surface area contributed by atoms with E-state index >= 15 is 0 Å². The van der Waals surface area contributed by atoms with Crippen LogP contribution >= 0.6 is 0 Å². The molecule has 0 fully saturated rings. The van der Waals surface area contributed by atoms with Crippen molar-refractivity contribution < 1.29 is 9.34 Å². The lowest BCUT2D eigenvalue weighted by Crippen LogP contribution is -1.89. The molecule has 0 bridgehead atoms. The number of nitrogens with one attached hydrogen (secondary N) is 1. The fourth-order valence-electron chi connectivity index (χ4n) is 1.31. The largest absolute Gasteiger partial charge is 0.433 e. The summed E-state index contributed by atoms with van der Waals surface area (Å²) in [5.74, 6) is 0.0214. The van der Waals surface area contributed by atoms with Gasteiger partial charge in [0, 0.05) is 0 Å². The number of nitro groups is 1. The molecule has 92 valence electrons. The average molecular weight is 245 g/mol. The van der Waals surface area contributed by atoms with E-state index < -0.39 is 4.92 Å². The van der Waals surface area contributed by atoms with Gasteiger partial charge in [-0.2, -0.15) is 5.10 Å². The molecule has 18 heavy (non-hydrogen) atoms. The fraction of sp³-hybridized carbons (Fsp3) is 0.0833. The van der Waals surface area contributed by atoms with Crippen LogP contribution in [0.2, 0.25) is 0 Å². The van der Waals surface area contributed by atoms with E-state index in [1.54, 1.807) is 0 Å². The first-order valence-corrected chi connectivity index (χ1v) is 5.25. The molecule has 0 saturated carbocycles. The van der Waals surface area contributed by atoms with Gasteiger partial charge >= 0.3 is 5.88 Å². The molecule has 1 aromatic carbocycles. The number of furan rings is 1. The van der Waals surface area contributed by atoms with Crippen LogP contribution in [0.5, 0.6) is 0 Å². The molecule has 6 heteroatoms. The molecule has 0 aliphatic rings. The van der Waals surface area contributed by atoms with Crippen LogP contribution in [0, 0.1) is 17.0 Å². The number of nitrogens with zero attached hydrogens (tertiary/aromatic N) is 2. The molecule has 1 aromatic heterocycles. The summed E-state index contributed by atoms with van der Waals surface area (Å²) in [6.45, 7) is 2.00. The van der Waals surface area contributed by atoms with E-state index in [1.807, 2.05) is 31.2 Å². The van der Waals surface area contributed by atoms with Crippen molar-refractivity contribution >= 4 is 17.8 Å². The zero-order valence-electron chi connectivity index (χ0n) is 9.66. The number of hydrazone groups is 1. The SMILES string of the molecule is Cc1ccc(NN=Cc2ccc([N+](=O)[O-])o2)cc1. The van der Waals surface area contributed by atoms with E-state index in [0.717, 1.165) is 11.3 Å². The maximum absolute atomic E-state index is 10.4. The molecule has 0 radical (unpaired) electrons. The maximum atomic E-state index is 10.4. The fourth-order valence-corrected chi connectivity index (χ4v) is 1.31. The summed E-state index contributed by atoms with van der Waals surface area (Å²) in [4.78, 5) is 9.80. The molecule has 0 aliphatic carbocycles. The van der Waals surface area contributed by atoms with Gasteiger partial charge in [0.1, 0.15) is 4.92 Å². The van der Waals surface area contributed by atoms with E-state index in [2.05, 4.69) is 10.5 Å². The normalized spacial score (nSPS) is 10.7. The summed E-state index contributed by atoms with van der Waals surface area (Å²) >= 11 is 0. The molecule has 0 amide bonds. The summed E-state index contributed by atoms with van der Waals surface area (Å²) in [5.41, 5.74) is 4.79. The Bertz CT molecular complexity index is 573. The van der Waals surface area contributed by atoms with Crippen LogP contribution in [0.15, 0.2) is 45.9 Å². The van der Waals surface area contributed by atoms with Gasteiger partial charge in [0.05, 0.1) is 18.0 Å². The Morgan fingerprint density at radius 1 is 1.28 bits per heavy atom. The first-order valence-electron chi connectivity index (χ1n) is 5.25. The molecule has 1 heterocycles. The van der Waals surface area contributed by atoms with Gasteiger partial charge in [0.15, 0.2) is 5.76 Å². The van der Waals surface area contributed by atoms with E-state index in [0.29, 0.717) is 5.76 Å². The van der Waals surface area contributed by atoms with Crippen LogP contribution in [0.4, 0.5) is 11.6 Å². The topological polar surface area (TPSA) is 80.7 Å². The molecule has 6 nitrogen and oxygen atoms in total. The van der Waals surface area contributed by atoms with Crippen LogP contribution in [-0.4, -0.2) is 11.1 Å². The summed E-state index contributed by atoms with van der Waals surface area (Å²) in [6, 6.07) is 10.4. The number of hydrogen-bond donors (Lipinski definition) is 1. The minimum Gasteiger partial charge on any atom is -0.400 e. The Morgan fingerprint density at radius 2 is 2.00 bits per heavy atom. The van der Waals surface area contributed by atoms with Crippen molar-refractivity contribution in [2.45, 2.75) is 6.92 Å². The predicted molar refractivity (Wildman–Crippen MR) is 67.8 cm³/mol. The highest BCUT2D eigenvalue weighted by Crippen LogP contribution is 2.14. The lowest BCUT2D eigenvalue weighted by molar-refractivity contribution is -0.402. The number of aryl methyl sites for hydroxylation is 1. The van der Waals surface area contributed by atoms with Gasteiger partial charge in [0.25, 0.3) is 0 Å². The second-order valence-electron chi connectivity index (χ2n) is 3.67. The third kappa shape index (κ3) is 2.94. The van der Waals surface area contributed by atoms with Crippen LogP contribution in [0.1, 0.15) is 11.3 Å². The van der Waals surface area contributed by atoms with Gasteiger partial charge in [-0.05, 0) is 25.1 Å². The number of hydrogen-bond acceptors (Lipinski definition) is 5. The van der Waals surface area contributed by atoms with E-state index in [9.17, 15) is 10.1 Å². The van der Waals surface area contributed by atoms with E-state index in [1.165, 1.54) is 18.3 Å². The van der Waals surface area contributed by atoms with Crippen molar-refractivity contribution in [3.63, 3.8) is 0 Å². The van der Waals surface area contributed by atoms with Gasteiger partial charge in [-0.1, -0.05) is 17.7 Å². The highest BCUT2D eigenvalue weighted by Gasteiger charge is 2.09. The van der Waals surface area contributed by atoms with Crippen molar-refractivity contribution in [3.05, 3.63) is 57.8 Å². The number of benzene rings is 1. The van der Waals surface area contributed by atoms with Gasteiger partial charge < -0.3 is 4.42 Å². The highest BCUT2D eigenvalue weighted by atomic mass is 16.6. The van der Waals surface area contributed by atoms with E-state index in [-0.39, 0.29) is 5.88 Å². The summed E-state index contributed by atoms with van der Waals surface area (Å²) in [7, 11) is 0. The second-order valence-corrected chi connectivity index (χ2v) is 3.67. The molecule has 0 spiro atoms. The predicted octanol–water partition coefficient (Wildman–Crippen LogP) is 2.94. The van der Waals surface area contributed by atoms with Gasteiger partial charge in [-0.25, -0.2) is 0 Å². The molecular weight excluding hydrogens is 234 g/mol. The smallest absolute Gasteiger partial charge is 0.400 e. The molecule has 0 atom stereocenters. The molecule has 0 aliphatic heterocycles. The monoisotopic (exact) mass is 245 g/mol. The third-order valence-electron chi connectivity index (χ3n) is 2.23. The third-order valence-corrected chi connectivity index (χ3v) is 2.23. The average Bonchev–Trinajstić information content (AvgIpc) is 2.81. The Morgan fingerprint density at radius 3 is 2.61 bits per heavy atom. The zero-order chi connectivity index (χ0) is 13.0. The van der Waals surface area contributed by atoms with Gasteiger partial charge in [-0.15, -0.1) is 0 Å². The Hall–Kier alpha value is -2.63. The Kier molecular flexibility index (Phi) is 3.38. The lowest BCUT2D eigenvalue weighted by Gasteiger charge is -1.99. The van der Waals surface area contributed by atoms with Gasteiger partial charge in [-0.3, -0.25) is 15.5 Å². The maximum Gasteiger partial charge on any atom is 0.433 e.